The molecule has 3 atom stereocenters. The smallest absolute Gasteiger partial charge is 0.181 e. The Morgan fingerprint density at radius 3 is 3.12 bits per heavy atom. The van der Waals surface area contributed by atoms with Crippen LogP contribution in [0.1, 0.15) is 10.4 Å². The summed E-state index contributed by atoms with van der Waals surface area (Å²) in [7, 11) is 0. The summed E-state index contributed by atoms with van der Waals surface area (Å²) in [5, 5.41) is 6.69. The van der Waals surface area contributed by atoms with Gasteiger partial charge in [0, 0.05) is 31.0 Å². The quantitative estimate of drug-likeness (QED) is 0.688. The number of fused-ring (bicyclic) bond motifs is 1. The lowest BCUT2D eigenvalue weighted by atomic mass is 9.90. The maximum Gasteiger partial charge on any atom is 0.181 e. The van der Waals surface area contributed by atoms with Gasteiger partial charge in [-0.1, -0.05) is 0 Å². The second-order valence-electron chi connectivity index (χ2n) is 4.57. The Morgan fingerprint density at radius 1 is 1.38 bits per heavy atom. The second-order valence-corrected chi connectivity index (χ2v) is 4.57. The van der Waals surface area contributed by atoms with Gasteiger partial charge in [0.05, 0.1) is 6.04 Å². The molecule has 0 aromatic carbocycles. The van der Waals surface area contributed by atoms with Crippen molar-refractivity contribution in [2.75, 3.05) is 19.6 Å². The van der Waals surface area contributed by atoms with E-state index in [-0.39, 0.29) is 11.8 Å². The van der Waals surface area contributed by atoms with Crippen molar-refractivity contribution in [1.82, 2.24) is 15.6 Å². The van der Waals surface area contributed by atoms with Gasteiger partial charge in [0.15, 0.2) is 5.78 Å². The number of pyridine rings is 1. The number of carbonyl (C=O) groups is 1. The molecule has 0 saturated carbocycles. The van der Waals surface area contributed by atoms with Gasteiger partial charge in [-0.2, -0.15) is 0 Å². The van der Waals surface area contributed by atoms with E-state index in [4.69, 9.17) is 0 Å². The first-order valence-electron chi connectivity index (χ1n) is 5.74. The summed E-state index contributed by atoms with van der Waals surface area (Å²) in [5.74, 6) is 1.25. The van der Waals surface area contributed by atoms with Crippen LogP contribution in [-0.2, 0) is 0 Å². The standard InChI is InChI=1S/C12H15N3O/c16-12(8-2-1-3-13-4-8)11-10-7-14-5-9(10)6-15-11/h1-4,9-11,14-15H,5-7H2. The maximum atomic E-state index is 12.3. The lowest BCUT2D eigenvalue weighted by Crippen LogP contribution is -2.38. The molecular weight excluding hydrogens is 202 g/mol. The topological polar surface area (TPSA) is 54.0 Å². The Balaban J connectivity index is 1.81. The molecule has 4 nitrogen and oxygen atoms in total. The Morgan fingerprint density at radius 2 is 2.31 bits per heavy atom. The van der Waals surface area contributed by atoms with E-state index in [1.54, 1.807) is 12.4 Å². The third kappa shape index (κ3) is 1.54. The Bertz CT molecular complexity index is 393. The van der Waals surface area contributed by atoms with Crippen LogP contribution in [-0.4, -0.2) is 36.4 Å². The minimum Gasteiger partial charge on any atom is -0.316 e. The highest BCUT2D eigenvalue weighted by atomic mass is 16.1. The van der Waals surface area contributed by atoms with Gasteiger partial charge < -0.3 is 10.6 Å². The molecule has 16 heavy (non-hydrogen) atoms. The van der Waals surface area contributed by atoms with Crippen molar-refractivity contribution in [3.63, 3.8) is 0 Å². The van der Waals surface area contributed by atoms with Crippen molar-refractivity contribution in [3.8, 4) is 0 Å². The van der Waals surface area contributed by atoms with Gasteiger partial charge in [-0.3, -0.25) is 9.78 Å². The molecule has 0 aliphatic carbocycles. The third-order valence-corrected chi connectivity index (χ3v) is 3.65. The van der Waals surface area contributed by atoms with Crippen LogP contribution in [0.25, 0.3) is 0 Å². The van der Waals surface area contributed by atoms with Gasteiger partial charge in [0.1, 0.15) is 0 Å². The molecule has 1 aromatic rings. The van der Waals surface area contributed by atoms with E-state index < -0.39 is 0 Å². The van der Waals surface area contributed by atoms with E-state index in [2.05, 4.69) is 15.6 Å². The van der Waals surface area contributed by atoms with Gasteiger partial charge in [-0.15, -0.1) is 0 Å². The molecule has 3 unspecified atom stereocenters. The molecule has 0 spiro atoms. The van der Waals surface area contributed by atoms with Crippen molar-refractivity contribution in [1.29, 1.82) is 0 Å². The highest BCUT2D eigenvalue weighted by molar-refractivity contribution is 6.00. The van der Waals surface area contributed by atoms with Gasteiger partial charge >= 0.3 is 0 Å². The number of nitrogens with one attached hydrogen (secondary N) is 2. The summed E-state index contributed by atoms with van der Waals surface area (Å²) in [5.41, 5.74) is 0.715. The van der Waals surface area contributed by atoms with Crippen molar-refractivity contribution >= 4 is 5.78 Å². The molecule has 2 aliphatic rings. The summed E-state index contributed by atoms with van der Waals surface area (Å²) >= 11 is 0. The highest BCUT2D eigenvalue weighted by Gasteiger charge is 2.42. The molecule has 0 amide bonds. The van der Waals surface area contributed by atoms with E-state index >= 15 is 0 Å². The van der Waals surface area contributed by atoms with Crippen LogP contribution in [0.4, 0.5) is 0 Å². The summed E-state index contributed by atoms with van der Waals surface area (Å²) in [6, 6.07) is 3.63. The predicted molar refractivity (Wildman–Crippen MR) is 60.2 cm³/mol. The molecular formula is C12H15N3O. The maximum absolute atomic E-state index is 12.3. The number of Topliss-reactive ketones (excluding diaryl/α,β-unsaturated/α-hetero) is 1. The van der Waals surface area contributed by atoms with Crippen LogP contribution in [0.3, 0.4) is 0 Å². The molecule has 3 heterocycles. The third-order valence-electron chi connectivity index (χ3n) is 3.65. The summed E-state index contributed by atoms with van der Waals surface area (Å²) in [4.78, 5) is 16.3. The van der Waals surface area contributed by atoms with Crippen LogP contribution >= 0.6 is 0 Å². The first-order chi connectivity index (χ1) is 7.86. The Labute approximate surface area is 94.5 Å². The average Bonchev–Trinajstić information content (AvgIpc) is 2.91. The van der Waals surface area contributed by atoms with Crippen LogP contribution in [0.5, 0.6) is 0 Å². The lowest BCUT2D eigenvalue weighted by molar-refractivity contribution is 0.0930. The van der Waals surface area contributed by atoms with Crippen molar-refractivity contribution < 1.29 is 4.79 Å². The van der Waals surface area contributed by atoms with Crippen LogP contribution in [0, 0.1) is 11.8 Å². The number of aromatic nitrogens is 1. The molecule has 2 fully saturated rings. The Hall–Kier alpha value is -1.26. The Kier molecular flexibility index (Phi) is 2.46. The summed E-state index contributed by atoms with van der Waals surface area (Å²) in [6.45, 7) is 2.94. The minimum atomic E-state index is -0.0239. The van der Waals surface area contributed by atoms with E-state index in [1.807, 2.05) is 12.1 Å². The van der Waals surface area contributed by atoms with Gasteiger partial charge in [-0.05, 0) is 30.5 Å². The number of rotatable bonds is 2. The van der Waals surface area contributed by atoms with Crippen LogP contribution in [0.15, 0.2) is 24.5 Å². The molecule has 2 N–H and O–H groups in total. The fraction of sp³-hybridized carbons (Fsp3) is 0.500. The first kappa shape index (κ1) is 9.93. The van der Waals surface area contributed by atoms with E-state index in [1.165, 1.54) is 0 Å². The fourth-order valence-corrected chi connectivity index (χ4v) is 2.77. The largest absolute Gasteiger partial charge is 0.316 e. The van der Waals surface area contributed by atoms with Crippen molar-refractivity contribution in [3.05, 3.63) is 30.1 Å². The molecule has 4 heteroatoms. The first-order valence-corrected chi connectivity index (χ1v) is 5.74. The zero-order valence-electron chi connectivity index (χ0n) is 9.02. The number of nitrogens with zero attached hydrogens (tertiary/aromatic N) is 1. The number of hydrogen-bond acceptors (Lipinski definition) is 4. The molecule has 2 aliphatic heterocycles. The van der Waals surface area contributed by atoms with Crippen molar-refractivity contribution in [2.24, 2.45) is 11.8 Å². The van der Waals surface area contributed by atoms with Gasteiger partial charge in [0.2, 0.25) is 0 Å². The second kappa shape index (κ2) is 3.96. The number of carbonyl (C=O) groups excluding carboxylic acids is 1. The molecule has 0 radical (unpaired) electrons. The monoisotopic (exact) mass is 217 g/mol. The SMILES string of the molecule is O=C(c1cccnc1)C1NCC2CNCC21. The molecule has 1 aromatic heterocycles. The molecule has 3 rings (SSSR count). The summed E-state index contributed by atoms with van der Waals surface area (Å²) in [6.07, 6.45) is 3.35. The highest BCUT2D eigenvalue weighted by Crippen LogP contribution is 2.27. The van der Waals surface area contributed by atoms with Crippen LogP contribution in [0.2, 0.25) is 0 Å². The minimum absolute atomic E-state index is 0.0239. The average molecular weight is 217 g/mol. The zero-order chi connectivity index (χ0) is 11.0. The summed E-state index contributed by atoms with van der Waals surface area (Å²) < 4.78 is 0. The molecule has 2 saturated heterocycles. The van der Waals surface area contributed by atoms with E-state index in [9.17, 15) is 4.79 Å². The van der Waals surface area contributed by atoms with E-state index in [0.29, 0.717) is 17.4 Å². The van der Waals surface area contributed by atoms with Crippen LogP contribution < -0.4 is 10.6 Å². The van der Waals surface area contributed by atoms with Gasteiger partial charge in [-0.25, -0.2) is 0 Å². The molecule has 84 valence electrons. The van der Waals surface area contributed by atoms with Crippen molar-refractivity contribution in [2.45, 2.75) is 6.04 Å². The lowest BCUT2D eigenvalue weighted by Gasteiger charge is -2.16. The fourth-order valence-electron chi connectivity index (χ4n) is 2.77. The molecule has 0 bridgehead atoms. The zero-order valence-corrected chi connectivity index (χ0v) is 9.02. The number of hydrogen-bond donors (Lipinski definition) is 2. The van der Waals surface area contributed by atoms with Gasteiger partial charge in [0.25, 0.3) is 0 Å². The number of ketones is 1. The normalized spacial score (nSPS) is 32.6. The predicted octanol–water partition coefficient (Wildman–Crippen LogP) is 0.0717. The van der Waals surface area contributed by atoms with E-state index in [0.717, 1.165) is 19.6 Å².